The highest BCUT2D eigenvalue weighted by molar-refractivity contribution is 7.17. The number of nitrogens with one attached hydrogen (secondary N) is 1. The van der Waals surface area contributed by atoms with Crippen molar-refractivity contribution < 1.29 is 9.53 Å². The molecule has 0 unspecified atom stereocenters. The van der Waals surface area contributed by atoms with Crippen LogP contribution in [0.15, 0.2) is 65.7 Å². The van der Waals surface area contributed by atoms with Crippen LogP contribution in [0.5, 0.6) is 5.75 Å². The first kappa shape index (κ1) is 25.2. The molecule has 1 aliphatic rings. The van der Waals surface area contributed by atoms with Crippen LogP contribution in [0.3, 0.4) is 0 Å². The summed E-state index contributed by atoms with van der Waals surface area (Å²) >= 11 is 7.15. The second-order valence-corrected chi connectivity index (χ2v) is 10.5. The molecule has 1 aliphatic heterocycles. The molecule has 0 spiro atoms. The molecule has 192 valence electrons. The Morgan fingerprint density at radius 3 is 2.76 bits per heavy atom. The second kappa shape index (κ2) is 11.7. The van der Waals surface area contributed by atoms with Crippen molar-refractivity contribution in [2.75, 3.05) is 26.2 Å². The van der Waals surface area contributed by atoms with E-state index in [4.69, 9.17) is 16.3 Å². The van der Waals surface area contributed by atoms with Crippen LogP contribution in [0.2, 0.25) is 4.34 Å². The van der Waals surface area contributed by atoms with Crippen molar-refractivity contribution in [2.45, 2.75) is 25.8 Å². The highest BCUT2D eigenvalue weighted by atomic mass is 35.5. The number of carbonyl (C=O) groups is 1. The van der Waals surface area contributed by atoms with Gasteiger partial charge in [-0.05, 0) is 56.3 Å². The van der Waals surface area contributed by atoms with Crippen molar-refractivity contribution >= 4 is 28.8 Å². The third-order valence-corrected chi connectivity index (χ3v) is 7.40. The number of nitrogens with zero attached hydrogens (tertiary/aromatic N) is 5. The van der Waals surface area contributed by atoms with Crippen LogP contribution in [0.1, 0.15) is 34.6 Å². The van der Waals surface area contributed by atoms with Gasteiger partial charge in [0.1, 0.15) is 23.7 Å². The number of hydrogen-bond donors (Lipinski definition) is 1. The first-order chi connectivity index (χ1) is 18.1. The fourth-order valence-electron chi connectivity index (χ4n) is 4.26. The maximum atomic E-state index is 12.4. The smallest absolute Gasteiger partial charge is 0.261 e. The van der Waals surface area contributed by atoms with E-state index in [0.29, 0.717) is 38.6 Å². The van der Waals surface area contributed by atoms with E-state index in [-0.39, 0.29) is 18.0 Å². The number of hydrogen-bond acceptors (Lipinski definition) is 7. The lowest BCUT2D eigenvalue weighted by Gasteiger charge is -2.26. The molecular weight excluding hydrogens is 512 g/mol. The Balaban J connectivity index is 1.34. The quantitative estimate of drug-likeness (QED) is 0.347. The molecule has 0 aliphatic carbocycles. The third kappa shape index (κ3) is 6.27. The molecular formula is C26H27ClN6O3S. The molecule has 4 heterocycles. The number of halogens is 1. The molecule has 1 saturated heterocycles. The van der Waals surface area contributed by atoms with Gasteiger partial charge in [-0.3, -0.25) is 19.1 Å². The summed E-state index contributed by atoms with van der Waals surface area (Å²) in [6, 6.07) is 14.0. The molecule has 1 aromatic carbocycles. The van der Waals surface area contributed by atoms with Gasteiger partial charge >= 0.3 is 0 Å². The summed E-state index contributed by atoms with van der Waals surface area (Å²) in [5, 5.41) is 11.3. The predicted molar refractivity (Wildman–Crippen MR) is 143 cm³/mol. The Bertz CT molecular complexity index is 1430. The minimum Gasteiger partial charge on any atom is -0.490 e. The van der Waals surface area contributed by atoms with Gasteiger partial charge in [0.05, 0.1) is 27.6 Å². The summed E-state index contributed by atoms with van der Waals surface area (Å²) in [4.78, 5) is 27.7. The van der Waals surface area contributed by atoms with Gasteiger partial charge in [0.2, 0.25) is 0 Å². The van der Waals surface area contributed by atoms with Crippen molar-refractivity contribution in [2.24, 2.45) is 0 Å². The molecule has 11 heteroatoms. The molecule has 0 atom stereocenters. The van der Waals surface area contributed by atoms with Crippen LogP contribution in [-0.4, -0.2) is 56.6 Å². The largest absolute Gasteiger partial charge is 0.490 e. The van der Waals surface area contributed by atoms with Gasteiger partial charge in [0, 0.05) is 24.9 Å². The number of thiophene rings is 1. The van der Waals surface area contributed by atoms with E-state index >= 15 is 0 Å². The lowest BCUT2D eigenvalue weighted by Crippen LogP contribution is -2.33. The van der Waals surface area contributed by atoms with E-state index in [1.54, 1.807) is 39.8 Å². The molecule has 1 fully saturated rings. The number of aromatic nitrogens is 4. The van der Waals surface area contributed by atoms with Crippen LogP contribution in [0.25, 0.3) is 11.4 Å². The molecule has 4 aromatic rings. The third-order valence-electron chi connectivity index (χ3n) is 6.17. The van der Waals surface area contributed by atoms with E-state index in [0.717, 1.165) is 19.6 Å². The summed E-state index contributed by atoms with van der Waals surface area (Å²) in [5.74, 6) is 0.379. The maximum Gasteiger partial charge on any atom is 0.261 e. The normalized spacial score (nSPS) is 14.0. The summed E-state index contributed by atoms with van der Waals surface area (Å²) in [7, 11) is 0. The zero-order valence-corrected chi connectivity index (χ0v) is 21.7. The van der Waals surface area contributed by atoms with Crippen molar-refractivity contribution in [1.82, 2.24) is 29.8 Å². The lowest BCUT2D eigenvalue weighted by atomic mass is 10.1. The fourth-order valence-corrected chi connectivity index (χ4v) is 5.22. The van der Waals surface area contributed by atoms with Crippen molar-refractivity contribution in [3.8, 4) is 17.1 Å². The SMILES string of the molecule is O=C(NCc1cn(-c2ccc(-n3ccccc3=O)cc2OCCN2CCCCC2)nn1)c1ccc(Cl)s1. The fraction of sp³-hybridized carbons (Fsp3) is 0.308. The van der Waals surface area contributed by atoms with E-state index in [2.05, 4.69) is 20.5 Å². The second-order valence-electron chi connectivity index (χ2n) is 8.75. The topological polar surface area (TPSA) is 94.3 Å². The van der Waals surface area contributed by atoms with Gasteiger partial charge in [-0.25, -0.2) is 4.68 Å². The Morgan fingerprint density at radius 2 is 1.97 bits per heavy atom. The predicted octanol–water partition coefficient (Wildman–Crippen LogP) is 3.93. The Labute approximate surface area is 223 Å². The van der Waals surface area contributed by atoms with Crippen LogP contribution >= 0.6 is 22.9 Å². The average Bonchev–Trinajstić information content (AvgIpc) is 3.57. The van der Waals surface area contributed by atoms with Crippen LogP contribution in [0.4, 0.5) is 0 Å². The molecule has 0 bridgehead atoms. The number of piperidine rings is 1. The van der Waals surface area contributed by atoms with Crippen molar-refractivity contribution in [3.63, 3.8) is 0 Å². The summed E-state index contributed by atoms with van der Waals surface area (Å²) in [6.45, 7) is 3.74. The van der Waals surface area contributed by atoms with Crippen LogP contribution in [-0.2, 0) is 6.54 Å². The highest BCUT2D eigenvalue weighted by Crippen LogP contribution is 2.26. The molecule has 1 N–H and O–H groups in total. The first-order valence-corrected chi connectivity index (χ1v) is 13.4. The zero-order valence-electron chi connectivity index (χ0n) is 20.2. The summed E-state index contributed by atoms with van der Waals surface area (Å²) < 4.78 is 9.99. The van der Waals surface area contributed by atoms with E-state index in [1.807, 2.05) is 24.3 Å². The standard InChI is InChI=1S/C26H27ClN6O3S/c27-24-10-9-23(37-24)26(35)28-17-19-18-33(30-29-19)21-8-7-20(32-13-5-2-6-25(32)34)16-22(21)36-15-14-31-11-3-1-4-12-31/h2,5-10,13,16,18H,1,3-4,11-12,14-15,17H2,(H,28,35). The molecule has 9 nitrogen and oxygen atoms in total. The zero-order chi connectivity index (χ0) is 25.6. The summed E-state index contributed by atoms with van der Waals surface area (Å²) in [5.41, 5.74) is 1.87. The summed E-state index contributed by atoms with van der Waals surface area (Å²) in [6.07, 6.45) is 7.20. The van der Waals surface area contributed by atoms with E-state index in [9.17, 15) is 9.59 Å². The van der Waals surface area contributed by atoms with Gasteiger partial charge < -0.3 is 10.1 Å². The van der Waals surface area contributed by atoms with Gasteiger partial charge in [0.25, 0.3) is 11.5 Å². The van der Waals surface area contributed by atoms with E-state index in [1.165, 1.54) is 36.7 Å². The Hall–Kier alpha value is -3.47. The van der Waals surface area contributed by atoms with Gasteiger partial charge in [-0.2, -0.15) is 0 Å². The van der Waals surface area contributed by atoms with Crippen LogP contribution < -0.4 is 15.6 Å². The number of carbonyl (C=O) groups excluding carboxylic acids is 1. The number of amides is 1. The molecule has 5 rings (SSSR count). The number of benzene rings is 1. The Morgan fingerprint density at radius 1 is 1.11 bits per heavy atom. The molecule has 37 heavy (non-hydrogen) atoms. The minimum atomic E-state index is -0.217. The molecule has 1 amide bonds. The molecule has 0 saturated carbocycles. The Kier molecular flexibility index (Phi) is 7.98. The van der Waals surface area contributed by atoms with E-state index < -0.39 is 0 Å². The van der Waals surface area contributed by atoms with Crippen molar-refractivity contribution in [1.29, 1.82) is 0 Å². The van der Waals surface area contributed by atoms with Gasteiger partial charge in [-0.15, -0.1) is 16.4 Å². The van der Waals surface area contributed by atoms with Gasteiger partial charge in [-0.1, -0.05) is 29.3 Å². The van der Waals surface area contributed by atoms with Crippen LogP contribution in [0, 0.1) is 0 Å². The average molecular weight is 539 g/mol. The van der Waals surface area contributed by atoms with Gasteiger partial charge in [0.15, 0.2) is 0 Å². The minimum absolute atomic E-state index is 0.125. The lowest BCUT2D eigenvalue weighted by molar-refractivity contribution is 0.0954. The first-order valence-electron chi connectivity index (χ1n) is 12.2. The molecule has 3 aromatic heterocycles. The number of pyridine rings is 1. The van der Waals surface area contributed by atoms with Crippen molar-refractivity contribution in [3.05, 3.63) is 86.2 Å². The maximum absolute atomic E-state index is 12.4. The monoisotopic (exact) mass is 538 g/mol. The highest BCUT2D eigenvalue weighted by Gasteiger charge is 2.15. The number of ether oxygens (including phenoxy) is 1. The number of likely N-dealkylation sites (tertiary alicyclic amines) is 1. The number of rotatable bonds is 9. The molecule has 0 radical (unpaired) electrons.